The van der Waals surface area contributed by atoms with E-state index in [1.165, 1.54) is 25.9 Å². The predicted octanol–water partition coefficient (Wildman–Crippen LogP) is -1.91. The Morgan fingerprint density at radius 2 is 2.18 bits per heavy atom. The molecule has 0 aromatic carbocycles. The molecule has 0 aromatic heterocycles. The third-order valence-corrected chi connectivity index (χ3v) is 2.88. The zero-order valence-electron chi connectivity index (χ0n) is 7.64. The largest absolute Gasteiger partial charge is 1.00 e. The Kier molecular flexibility index (Phi) is 4.04. The summed E-state index contributed by atoms with van der Waals surface area (Å²) >= 11 is 0. The van der Waals surface area contributed by atoms with E-state index in [4.69, 9.17) is 0 Å². The molecule has 2 saturated heterocycles. The second-order valence-corrected chi connectivity index (χ2v) is 3.84. The summed E-state index contributed by atoms with van der Waals surface area (Å²) in [5.41, 5.74) is 0.620. The molecule has 1 spiro atoms. The Morgan fingerprint density at radius 3 is 2.64 bits per heavy atom. The molecular weight excluding hydrogens is 163 g/mol. The van der Waals surface area contributed by atoms with Crippen molar-refractivity contribution in [2.24, 2.45) is 5.41 Å². The van der Waals surface area contributed by atoms with Crippen molar-refractivity contribution in [2.45, 2.75) is 12.8 Å². The van der Waals surface area contributed by atoms with Crippen LogP contribution in [0.4, 0.5) is 0 Å². The van der Waals surface area contributed by atoms with E-state index in [2.05, 4.69) is 17.3 Å². The van der Waals surface area contributed by atoms with Gasteiger partial charge in [-0.05, 0) is 25.4 Å². The van der Waals surface area contributed by atoms with Gasteiger partial charge in [0.25, 0.3) is 0 Å². The van der Waals surface area contributed by atoms with Crippen LogP contribution in [-0.2, 0) is 0 Å². The number of hydrogen-bond acceptors (Lipinski definition) is 1. The van der Waals surface area contributed by atoms with Crippen molar-refractivity contribution in [3.63, 3.8) is 0 Å². The molecule has 0 radical (unpaired) electrons. The first-order valence-electron chi connectivity index (χ1n) is 4.13. The van der Waals surface area contributed by atoms with Crippen molar-refractivity contribution in [3.8, 4) is 0 Å². The molecule has 2 fully saturated rings. The summed E-state index contributed by atoms with van der Waals surface area (Å²) in [5, 5.41) is 4.43. The topological polar surface area (TPSA) is 17.3 Å². The summed E-state index contributed by atoms with van der Waals surface area (Å²) in [7, 11) is 2.22. The molecule has 0 N–H and O–H groups in total. The van der Waals surface area contributed by atoms with Crippen molar-refractivity contribution in [1.29, 1.82) is 0 Å². The van der Waals surface area contributed by atoms with Crippen LogP contribution in [0.15, 0.2) is 0 Å². The molecular formula is C8H15KN2. The van der Waals surface area contributed by atoms with Gasteiger partial charge in [-0.2, -0.15) is 0 Å². The summed E-state index contributed by atoms with van der Waals surface area (Å²) in [4.78, 5) is 2.43. The average molecular weight is 178 g/mol. The van der Waals surface area contributed by atoms with Crippen molar-refractivity contribution >= 4 is 0 Å². The number of rotatable bonds is 0. The Bertz CT molecular complexity index is 132. The Morgan fingerprint density at radius 1 is 1.36 bits per heavy atom. The van der Waals surface area contributed by atoms with Gasteiger partial charge in [-0.25, -0.2) is 0 Å². The fourth-order valence-corrected chi connectivity index (χ4v) is 2.20. The maximum absolute atomic E-state index is 4.43. The third-order valence-electron chi connectivity index (χ3n) is 2.88. The second-order valence-electron chi connectivity index (χ2n) is 3.84. The van der Waals surface area contributed by atoms with Crippen LogP contribution in [0.5, 0.6) is 0 Å². The van der Waals surface area contributed by atoms with Crippen LogP contribution in [0.25, 0.3) is 5.32 Å². The summed E-state index contributed by atoms with van der Waals surface area (Å²) in [6.45, 7) is 4.83. The third kappa shape index (κ3) is 2.27. The van der Waals surface area contributed by atoms with Gasteiger partial charge in [-0.15, -0.1) is 13.1 Å². The van der Waals surface area contributed by atoms with Gasteiger partial charge in [-0.1, -0.05) is 6.42 Å². The molecule has 58 valence electrons. The molecule has 11 heavy (non-hydrogen) atoms. The molecule has 0 aromatic rings. The Labute approximate surface area is 112 Å². The predicted molar refractivity (Wildman–Crippen MR) is 42.3 cm³/mol. The van der Waals surface area contributed by atoms with Gasteiger partial charge < -0.3 is 10.2 Å². The van der Waals surface area contributed by atoms with Crippen LogP contribution in [0, 0.1) is 5.41 Å². The van der Waals surface area contributed by atoms with E-state index in [1.807, 2.05) is 0 Å². The van der Waals surface area contributed by atoms with Crippen LogP contribution >= 0.6 is 0 Å². The maximum atomic E-state index is 4.43. The van der Waals surface area contributed by atoms with Crippen molar-refractivity contribution in [3.05, 3.63) is 5.32 Å². The standard InChI is InChI=1S/C8H15N2.K/c1-10-5-3-8(7-10)2-4-9-6-8;/h2-7H2,1H3;/q-1;+1. The Balaban J connectivity index is 0.000000605. The fourth-order valence-electron chi connectivity index (χ4n) is 2.20. The minimum atomic E-state index is 0. The van der Waals surface area contributed by atoms with E-state index in [-0.39, 0.29) is 51.4 Å². The van der Waals surface area contributed by atoms with E-state index in [9.17, 15) is 0 Å². The molecule has 0 aliphatic carbocycles. The molecule has 2 heterocycles. The summed E-state index contributed by atoms with van der Waals surface area (Å²) in [5.74, 6) is 0. The smallest absolute Gasteiger partial charge is 0.662 e. The van der Waals surface area contributed by atoms with Crippen molar-refractivity contribution in [2.75, 3.05) is 33.2 Å². The van der Waals surface area contributed by atoms with Gasteiger partial charge in [0.2, 0.25) is 0 Å². The quantitative estimate of drug-likeness (QED) is 0.396. The molecule has 0 amide bonds. The normalized spacial score (nSPS) is 37.9. The minimum absolute atomic E-state index is 0. The molecule has 1 atom stereocenters. The average Bonchev–Trinajstić information content (AvgIpc) is 2.46. The monoisotopic (exact) mass is 178 g/mol. The van der Waals surface area contributed by atoms with E-state index in [0.29, 0.717) is 5.41 Å². The van der Waals surface area contributed by atoms with Crippen LogP contribution in [0.1, 0.15) is 12.8 Å². The molecule has 2 aliphatic rings. The first-order chi connectivity index (χ1) is 4.81. The van der Waals surface area contributed by atoms with Gasteiger partial charge >= 0.3 is 51.4 Å². The van der Waals surface area contributed by atoms with Gasteiger partial charge in [0.05, 0.1) is 0 Å². The fraction of sp³-hybridized carbons (Fsp3) is 1.00. The summed E-state index contributed by atoms with van der Waals surface area (Å²) in [6, 6.07) is 0. The molecule has 2 aliphatic heterocycles. The van der Waals surface area contributed by atoms with Crippen LogP contribution in [0.2, 0.25) is 0 Å². The summed E-state index contributed by atoms with van der Waals surface area (Å²) in [6.07, 6.45) is 2.73. The van der Waals surface area contributed by atoms with Gasteiger partial charge in [0.15, 0.2) is 0 Å². The molecule has 2 rings (SSSR count). The zero-order valence-corrected chi connectivity index (χ0v) is 10.8. The molecule has 3 heteroatoms. The molecule has 0 saturated carbocycles. The van der Waals surface area contributed by atoms with Gasteiger partial charge in [0.1, 0.15) is 0 Å². The maximum Gasteiger partial charge on any atom is 1.00 e. The van der Waals surface area contributed by atoms with Crippen LogP contribution in [0.3, 0.4) is 0 Å². The van der Waals surface area contributed by atoms with Gasteiger partial charge in [0, 0.05) is 6.54 Å². The zero-order chi connectivity index (χ0) is 7.03. The van der Waals surface area contributed by atoms with E-state index in [1.54, 1.807) is 0 Å². The van der Waals surface area contributed by atoms with Gasteiger partial charge in [-0.3, -0.25) is 0 Å². The van der Waals surface area contributed by atoms with Crippen molar-refractivity contribution in [1.82, 2.24) is 4.90 Å². The van der Waals surface area contributed by atoms with Crippen molar-refractivity contribution < 1.29 is 51.4 Å². The van der Waals surface area contributed by atoms with E-state index >= 15 is 0 Å². The molecule has 2 nitrogen and oxygen atoms in total. The number of nitrogens with zero attached hydrogens (tertiary/aromatic N) is 2. The molecule has 0 bridgehead atoms. The Hall–Kier alpha value is 1.56. The van der Waals surface area contributed by atoms with Crippen LogP contribution < -0.4 is 51.4 Å². The van der Waals surface area contributed by atoms with Crippen LogP contribution in [-0.4, -0.2) is 38.1 Å². The minimum Gasteiger partial charge on any atom is -0.662 e. The summed E-state index contributed by atoms with van der Waals surface area (Å²) < 4.78 is 0. The first kappa shape index (κ1) is 10.6. The second kappa shape index (κ2) is 4.18. The first-order valence-corrected chi connectivity index (χ1v) is 4.13. The SMILES string of the molecule is CN1CCC2(CC[N-]C2)C1.[K+]. The number of likely N-dealkylation sites (tertiary alicyclic amines) is 1. The number of hydrogen-bond donors (Lipinski definition) is 0. The molecule has 1 unspecified atom stereocenters. The van der Waals surface area contributed by atoms with E-state index in [0.717, 1.165) is 13.1 Å². The van der Waals surface area contributed by atoms with E-state index < -0.39 is 0 Å².